The van der Waals surface area contributed by atoms with Crippen molar-refractivity contribution in [2.75, 3.05) is 19.0 Å². The Kier molecular flexibility index (Phi) is 4.78. The predicted octanol–water partition coefficient (Wildman–Crippen LogP) is 1.90. The summed E-state index contributed by atoms with van der Waals surface area (Å²) < 4.78 is 10.5. The van der Waals surface area contributed by atoms with Gasteiger partial charge in [0, 0.05) is 0 Å². The molecular weight excluding hydrogens is 376 g/mol. The Labute approximate surface area is 165 Å². The highest BCUT2D eigenvalue weighted by atomic mass is 16.5. The zero-order valence-electron chi connectivity index (χ0n) is 15.4. The maximum Gasteiger partial charge on any atom is 0.322 e. The van der Waals surface area contributed by atoms with E-state index in [4.69, 9.17) is 9.15 Å². The van der Waals surface area contributed by atoms with Crippen LogP contribution in [-0.2, 0) is 11.2 Å². The average molecular weight is 392 g/mol. The SMILES string of the molecule is COc1ccc(Cc2nnc(NC(=O)CN3C(=O)c4ccccc4C3=O)o2)cc1. The molecule has 0 unspecified atom stereocenters. The lowest BCUT2D eigenvalue weighted by Crippen LogP contribution is -2.37. The lowest BCUT2D eigenvalue weighted by molar-refractivity contribution is -0.116. The molecule has 9 nitrogen and oxygen atoms in total. The number of methoxy groups -OCH3 is 1. The molecule has 1 N–H and O–H groups in total. The summed E-state index contributed by atoms with van der Waals surface area (Å²) in [5.74, 6) is -0.580. The standard InChI is InChI=1S/C20H16N4O5/c1-28-13-8-6-12(7-9-13)10-17-22-23-20(29-17)21-16(25)11-24-18(26)14-4-2-3-5-15(14)19(24)27/h2-9H,10-11H2,1H3,(H,21,23,25). The van der Waals surface area contributed by atoms with Crippen molar-refractivity contribution in [3.05, 3.63) is 71.1 Å². The fourth-order valence-electron chi connectivity index (χ4n) is 2.98. The van der Waals surface area contributed by atoms with Crippen molar-refractivity contribution in [2.45, 2.75) is 6.42 Å². The number of ether oxygens (including phenoxy) is 1. The van der Waals surface area contributed by atoms with Gasteiger partial charge < -0.3 is 9.15 Å². The Morgan fingerprint density at radius 3 is 2.31 bits per heavy atom. The second-order valence-corrected chi connectivity index (χ2v) is 6.32. The smallest absolute Gasteiger partial charge is 0.322 e. The molecule has 0 saturated heterocycles. The van der Waals surface area contributed by atoms with Crippen molar-refractivity contribution in [1.82, 2.24) is 15.1 Å². The Morgan fingerprint density at radius 2 is 1.69 bits per heavy atom. The summed E-state index contributed by atoms with van der Waals surface area (Å²) >= 11 is 0. The highest BCUT2D eigenvalue weighted by molar-refractivity contribution is 6.22. The number of hydrogen-bond acceptors (Lipinski definition) is 7. The summed E-state index contributed by atoms with van der Waals surface area (Å²) in [6.07, 6.45) is 0.380. The molecule has 0 atom stereocenters. The topological polar surface area (TPSA) is 115 Å². The van der Waals surface area contributed by atoms with Crippen LogP contribution in [0.5, 0.6) is 5.75 Å². The first-order valence-electron chi connectivity index (χ1n) is 8.75. The Hall–Kier alpha value is -4.01. The number of benzene rings is 2. The molecule has 0 bridgehead atoms. The summed E-state index contributed by atoms with van der Waals surface area (Å²) in [5.41, 5.74) is 1.49. The van der Waals surface area contributed by atoms with Crippen molar-refractivity contribution in [3.63, 3.8) is 0 Å². The lowest BCUT2D eigenvalue weighted by Gasteiger charge is -2.12. The fraction of sp³-hybridized carbons (Fsp3) is 0.150. The molecule has 146 valence electrons. The normalized spacial score (nSPS) is 12.8. The van der Waals surface area contributed by atoms with Crippen LogP contribution >= 0.6 is 0 Å². The third-order valence-electron chi connectivity index (χ3n) is 4.41. The number of nitrogens with one attached hydrogen (secondary N) is 1. The van der Waals surface area contributed by atoms with Crippen LogP contribution in [0, 0.1) is 0 Å². The molecule has 0 radical (unpaired) electrons. The van der Waals surface area contributed by atoms with Gasteiger partial charge in [0.1, 0.15) is 12.3 Å². The van der Waals surface area contributed by atoms with E-state index in [0.29, 0.717) is 12.3 Å². The molecular formula is C20H16N4O5. The quantitative estimate of drug-likeness (QED) is 0.637. The van der Waals surface area contributed by atoms with Crippen LogP contribution in [0.2, 0.25) is 0 Å². The summed E-state index contributed by atoms with van der Waals surface area (Å²) in [6.45, 7) is -0.442. The van der Waals surface area contributed by atoms with Crippen LogP contribution < -0.4 is 10.1 Å². The molecule has 0 fully saturated rings. The lowest BCUT2D eigenvalue weighted by atomic mass is 10.1. The zero-order chi connectivity index (χ0) is 20.4. The molecule has 9 heteroatoms. The Morgan fingerprint density at radius 1 is 1.03 bits per heavy atom. The van der Waals surface area contributed by atoms with Crippen molar-refractivity contribution < 1.29 is 23.5 Å². The van der Waals surface area contributed by atoms with E-state index in [1.807, 2.05) is 24.3 Å². The molecule has 4 rings (SSSR count). The first-order chi connectivity index (χ1) is 14.0. The number of carbonyl (C=O) groups excluding carboxylic acids is 3. The van der Waals surface area contributed by atoms with E-state index in [2.05, 4.69) is 15.5 Å². The summed E-state index contributed by atoms with van der Waals surface area (Å²) in [6, 6.07) is 13.7. The number of carbonyl (C=O) groups is 3. The molecule has 1 aromatic heterocycles. The number of fused-ring (bicyclic) bond motifs is 1. The number of anilines is 1. The first kappa shape index (κ1) is 18.4. The minimum absolute atomic E-state index is 0.102. The highest BCUT2D eigenvalue weighted by Gasteiger charge is 2.36. The second kappa shape index (κ2) is 7.55. The van der Waals surface area contributed by atoms with Gasteiger partial charge in [-0.05, 0) is 29.8 Å². The van der Waals surface area contributed by atoms with E-state index >= 15 is 0 Å². The predicted molar refractivity (Wildman–Crippen MR) is 101 cm³/mol. The van der Waals surface area contributed by atoms with Crippen molar-refractivity contribution in [1.29, 1.82) is 0 Å². The number of aromatic nitrogens is 2. The number of amides is 3. The molecule has 3 amide bonds. The van der Waals surface area contributed by atoms with Crippen molar-refractivity contribution >= 4 is 23.7 Å². The van der Waals surface area contributed by atoms with Gasteiger partial charge in [0.2, 0.25) is 11.8 Å². The molecule has 3 aromatic rings. The molecule has 2 heterocycles. The monoisotopic (exact) mass is 392 g/mol. The van der Waals surface area contributed by atoms with Crippen LogP contribution in [-0.4, -0.2) is 46.5 Å². The summed E-state index contributed by atoms with van der Waals surface area (Å²) in [7, 11) is 1.59. The Balaban J connectivity index is 1.37. The third kappa shape index (κ3) is 3.70. The van der Waals surface area contributed by atoms with Gasteiger partial charge in [0.25, 0.3) is 11.8 Å². The summed E-state index contributed by atoms with van der Waals surface area (Å²) in [4.78, 5) is 37.8. The molecule has 0 spiro atoms. The van der Waals surface area contributed by atoms with Crippen LogP contribution in [0.3, 0.4) is 0 Å². The fourth-order valence-corrected chi connectivity index (χ4v) is 2.98. The van der Waals surface area contributed by atoms with E-state index in [1.54, 1.807) is 31.4 Å². The van der Waals surface area contributed by atoms with Gasteiger partial charge in [-0.2, -0.15) is 0 Å². The molecule has 0 saturated carbocycles. The number of nitrogens with zero attached hydrogens (tertiary/aromatic N) is 3. The Bertz CT molecular complexity index is 1060. The van der Waals surface area contributed by atoms with E-state index in [0.717, 1.165) is 16.2 Å². The highest BCUT2D eigenvalue weighted by Crippen LogP contribution is 2.22. The number of imide groups is 1. The third-order valence-corrected chi connectivity index (χ3v) is 4.41. The van der Waals surface area contributed by atoms with Crippen molar-refractivity contribution in [3.8, 4) is 5.75 Å². The van der Waals surface area contributed by atoms with Gasteiger partial charge in [-0.3, -0.25) is 24.6 Å². The van der Waals surface area contributed by atoms with Crippen LogP contribution in [0.15, 0.2) is 52.9 Å². The van der Waals surface area contributed by atoms with Gasteiger partial charge >= 0.3 is 6.01 Å². The van der Waals surface area contributed by atoms with Gasteiger partial charge in [-0.15, -0.1) is 5.10 Å². The van der Waals surface area contributed by atoms with Crippen molar-refractivity contribution in [2.24, 2.45) is 0 Å². The van der Waals surface area contributed by atoms with Gasteiger partial charge in [0.15, 0.2) is 0 Å². The maximum atomic E-state index is 12.3. The van der Waals surface area contributed by atoms with Crippen LogP contribution in [0.1, 0.15) is 32.2 Å². The largest absolute Gasteiger partial charge is 0.497 e. The van der Waals surface area contributed by atoms with E-state index in [-0.39, 0.29) is 17.1 Å². The second-order valence-electron chi connectivity index (χ2n) is 6.32. The van der Waals surface area contributed by atoms with E-state index in [9.17, 15) is 14.4 Å². The number of rotatable bonds is 6. The molecule has 1 aliphatic rings. The van der Waals surface area contributed by atoms with E-state index in [1.165, 1.54) is 0 Å². The number of hydrogen-bond donors (Lipinski definition) is 1. The minimum Gasteiger partial charge on any atom is -0.497 e. The van der Waals surface area contributed by atoms with Gasteiger partial charge in [-0.1, -0.05) is 29.4 Å². The average Bonchev–Trinajstić information content (AvgIpc) is 3.26. The molecule has 1 aliphatic heterocycles. The van der Waals surface area contributed by atoms with E-state index < -0.39 is 24.3 Å². The summed E-state index contributed by atoms with van der Waals surface area (Å²) in [5, 5.41) is 10.1. The van der Waals surface area contributed by atoms with Gasteiger partial charge in [-0.25, -0.2) is 0 Å². The molecule has 0 aliphatic carbocycles. The molecule has 2 aromatic carbocycles. The van der Waals surface area contributed by atoms with Crippen LogP contribution in [0.25, 0.3) is 0 Å². The first-order valence-corrected chi connectivity index (χ1v) is 8.75. The van der Waals surface area contributed by atoms with Gasteiger partial charge in [0.05, 0.1) is 24.7 Å². The zero-order valence-corrected chi connectivity index (χ0v) is 15.4. The van der Waals surface area contributed by atoms with Crippen LogP contribution in [0.4, 0.5) is 6.01 Å². The molecule has 29 heavy (non-hydrogen) atoms. The maximum absolute atomic E-state index is 12.3. The minimum atomic E-state index is -0.612.